The minimum Gasteiger partial charge on any atom is -0.392 e. The zero-order valence-electron chi connectivity index (χ0n) is 11.8. The number of rotatable bonds is 5. The predicted molar refractivity (Wildman–Crippen MR) is 69.3 cm³/mol. The van der Waals surface area contributed by atoms with E-state index in [0.29, 0.717) is 0 Å². The molecule has 1 aliphatic heterocycles. The smallest absolute Gasteiger partial charge is 0.392 e. The standard InChI is InChI=1S/C13H18O6Si/c1-16-20(17-2,18-3)7-13-9-5-4-8(6-9)10(13)11(14)19-12(13)15/h4-5,8-10H,6-7H2,1-3H3. The van der Waals surface area contributed by atoms with Crippen LogP contribution in [-0.2, 0) is 27.6 Å². The van der Waals surface area contributed by atoms with Gasteiger partial charge in [-0.1, -0.05) is 12.2 Å². The van der Waals surface area contributed by atoms with Gasteiger partial charge in [-0.3, -0.25) is 9.59 Å². The highest BCUT2D eigenvalue weighted by Crippen LogP contribution is 2.63. The Kier molecular flexibility index (Phi) is 3.13. The Hall–Kier alpha value is -1.02. The van der Waals surface area contributed by atoms with Crippen LogP contribution >= 0.6 is 0 Å². The largest absolute Gasteiger partial charge is 0.501 e. The third kappa shape index (κ3) is 1.54. The molecule has 0 N–H and O–H groups in total. The number of carbonyl (C=O) groups excluding carboxylic acids is 2. The molecule has 0 aromatic rings. The van der Waals surface area contributed by atoms with Crippen molar-refractivity contribution in [3.8, 4) is 0 Å². The Balaban J connectivity index is 2.02. The van der Waals surface area contributed by atoms with Crippen molar-refractivity contribution < 1.29 is 27.6 Å². The van der Waals surface area contributed by atoms with Crippen molar-refractivity contribution in [2.45, 2.75) is 12.5 Å². The minimum absolute atomic E-state index is 0.00350. The molecule has 0 radical (unpaired) electrons. The second kappa shape index (κ2) is 4.49. The SMILES string of the molecule is CO[Si](CC12C(=O)OC(=O)C1C1C=CC2C1)(OC)OC. The van der Waals surface area contributed by atoms with Gasteiger partial charge in [-0.15, -0.1) is 0 Å². The second-order valence-corrected chi connectivity index (χ2v) is 8.53. The van der Waals surface area contributed by atoms with Crippen LogP contribution in [0.1, 0.15) is 6.42 Å². The first kappa shape index (κ1) is 13.9. The molecular weight excluding hydrogens is 280 g/mol. The molecule has 2 fully saturated rings. The van der Waals surface area contributed by atoms with E-state index in [4.69, 9.17) is 18.0 Å². The number of fused-ring (bicyclic) bond motifs is 5. The lowest BCUT2D eigenvalue weighted by Gasteiger charge is -2.36. The van der Waals surface area contributed by atoms with Gasteiger partial charge in [0.15, 0.2) is 0 Å². The first-order valence-electron chi connectivity index (χ1n) is 6.63. The Morgan fingerprint density at radius 1 is 1.25 bits per heavy atom. The van der Waals surface area contributed by atoms with Gasteiger partial charge in [0.2, 0.25) is 0 Å². The van der Waals surface area contributed by atoms with Crippen molar-refractivity contribution in [1.82, 2.24) is 0 Å². The maximum Gasteiger partial charge on any atom is 0.501 e. The van der Waals surface area contributed by atoms with Crippen molar-refractivity contribution in [2.24, 2.45) is 23.2 Å². The molecule has 0 aromatic heterocycles. The van der Waals surface area contributed by atoms with Crippen LogP contribution in [-0.4, -0.2) is 42.1 Å². The summed E-state index contributed by atoms with van der Waals surface area (Å²) in [6, 6.07) is 0.282. The molecule has 7 heteroatoms. The number of carbonyl (C=O) groups is 2. The highest BCUT2D eigenvalue weighted by Gasteiger charge is 2.72. The van der Waals surface area contributed by atoms with Gasteiger partial charge >= 0.3 is 20.7 Å². The fourth-order valence-electron chi connectivity index (χ4n) is 4.02. The Morgan fingerprint density at radius 3 is 2.50 bits per heavy atom. The van der Waals surface area contributed by atoms with Crippen molar-refractivity contribution in [2.75, 3.05) is 21.3 Å². The molecule has 0 amide bonds. The molecule has 0 spiro atoms. The third-order valence-corrected chi connectivity index (χ3v) is 7.91. The Bertz CT molecular complexity index is 477. The molecule has 2 aliphatic carbocycles. The highest BCUT2D eigenvalue weighted by atomic mass is 28.4. The molecular formula is C13H18O6Si. The van der Waals surface area contributed by atoms with Crippen LogP contribution in [0.15, 0.2) is 12.2 Å². The summed E-state index contributed by atoms with van der Waals surface area (Å²) in [4.78, 5) is 24.4. The van der Waals surface area contributed by atoms with Crippen molar-refractivity contribution >= 4 is 20.7 Å². The zero-order valence-corrected chi connectivity index (χ0v) is 12.8. The molecule has 110 valence electrons. The van der Waals surface area contributed by atoms with Gasteiger partial charge in [0, 0.05) is 27.4 Å². The molecule has 1 saturated carbocycles. The fraction of sp³-hybridized carbons (Fsp3) is 0.692. The van der Waals surface area contributed by atoms with Crippen molar-refractivity contribution in [1.29, 1.82) is 0 Å². The van der Waals surface area contributed by atoms with E-state index >= 15 is 0 Å². The van der Waals surface area contributed by atoms with E-state index in [1.807, 2.05) is 12.2 Å². The molecule has 3 aliphatic rings. The Labute approximate surface area is 118 Å². The van der Waals surface area contributed by atoms with Crippen molar-refractivity contribution in [3.63, 3.8) is 0 Å². The van der Waals surface area contributed by atoms with Gasteiger partial charge < -0.3 is 18.0 Å². The molecule has 6 nitrogen and oxygen atoms in total. The fourth-order valence-corrected chi connectivity index (χ4v) is 6.30. The van der Waals surface area contributed by atoms with Crippen LogP contribution in [0.5, 0.6) is 0 Å². The molecule has 4 atom stereocenters. The van der Waals surface area contributed by atoms with E-state index in [9.17, 15) is 9.59 Å². The van der Waals surface area contributed by atoms with Crippen molar-refractivity contribution in [3.05, 3.63) is 12.2 Å². The first-order chi connectivity index (χ1) is 9.53. The summed E-state index contributed by atoms with van der Waals surface area (Å²) >= 11 is 0. The Morgan fingerprint density at radius 2 is 1.90 bits per heavy atom. The van der Waals surface area contributed by atoms with Crippen LogP contribution < -0.4 is 0 Å². The maximum absolute atomic E-state index is 12.4. The quantitative estimate of drug-likeness (QED) is 0.323. The minimum atomic E-state index is -2.97. The predicted octanol–water partition coefficient (Wildman–Crippen LogP) is 0.756. The number of cyclic esters (lactones) is 2. The van der Waals surface area contributed by atoms with Gasteiger partial charge in [0.05, 0.1) is 11.3 Å². The van der Waals surface area contributed by atoms with E-state index in [0.717, 1.165) is 6.42 Å². The summed E-state index contributed by atoms with van der Waals surface area (Å²) in [5.41, 5.74) is -0.870. The highest BCUT2D eigenvalue weighted by molar-refractivity contribution is 6.61. The maximum atomic E-state index is 12.4. The molecule has 3 rings (SSSR count). The second-order valence-electron chi connectivity index (χ2n) is 5.59. The van der Waals surface area contributed by atoms with Crippen LogP contribution in [0, 0.1) is 23.2 Å². The average molecular weight is 298 g/mol. The third-order valence-electron chi connectivity index (χ3n) is 5.03. The average Bonchev–Trinajstić information content (AvgIpc) is 3.10. The van der Waals surface area contributed by atoms with E-state index in [1.54, 1.807) is 0 Å². The lowest BCUT2D eigenvalue weighted by atomic mass is 9.71. The summed E-state index contributed by atoms with van der Waals surface area (Å²) in [6.45, 7) is 0. The molecule has 4 unspecified atom stereocenters. The van der Waals surface area contributed by atoms with Gasteiger partial charge in [-0.25, -0.2) is 0 Å². The molecule has 20 heavy (non-hydrogen) atoms. The summed E-state index contributed by atoms with van der Waals surface area (Å²) in [5, 5.41) is 0. The van der Waals surface area contributed by atoms with Crippen LogP contribution in [0.25, 0.3) is 0 Å². The van der Waals surface area contributed by atoms with E-state index in [2.05, 4.69) is 0 Å². The lowest BCUT2D eigenvalue weighted by Crippen LogP contribution is -2.52. The van der Waals surface area contributed by atoms with Gasteiger partial charge in [-0.05, 0) is 18.3 Å². The number of hydrogen-bond acceptors (Lipinski definition) is 6. The van der Waals surface area contributed by atoms with Gasteiger partial charge in [0.1, 0.15) is 0 Å². The van der Waals surface area contributed by atoms with Crippen LogP contribution in [0.4, 0.5) is 0 Å². The summed E-state index contributed by atoms with van der Waals surface area (Å²) in [5.74, 6) is -1.21. The number of hydrogen-bond donors (Lipinski definition) is 0. The summed E-state index contributed by atoms with van der Waals surface area (Å²) in [7, 11) is 1.56. The normalized spacial score (nSPS) is 38.5. The number of ether oxygens (including phenoxy) is 1. The molecule has 2 bridgehead atoms. The molecule has 1 saturated heterocycles. The number of allylic oxidation sites excluding steroid dienone is 2. The topological polar surface area (TPSA) is 71.1 Å². The van der Waals surface area contributed by atoms with Gasteiger partial charge in [-0.2, -0.15) is 0 Å². The number of esters is 2. The van der Waals surface area contributed by atoms with E-state index in [1.165, 1.54) is 21.3 Å². The summed E-state index contributed by atoms with van der Waals surface area (Å²) < 4.78 is 21.3. The van der Waals surface area contributed by atoms with Gasteiger partial charge in [0.25, 0.3) is 0 Å². The van der Waals surface area contributed by atoms with E-state index < -0.39 is 32.1 Å². The van der Waals surface area contributed by atoms with Crippen LogP contribution in [0.3, 0.4) is 0 Å². The lowest BCUT2D eigenvalue weighted by molar-refractivity contribution is -0.156. The molecule has 0 aromatic carbocycles. The van der Waals surface area contributed by atoms with E-state index in [-0.39, 0.29) is 17.9 Å². The first-order valence-corrected chi connectivity index (χ1v) is 8.56. The summed E-state index contributed by atoms with van der Waals surface area (Å²) in [6.07, 6.45) is 4.84. The van der Waals surface area contributed by atoms with Crippen LogP contribution in [0.2, 0.25) is 6.04 Å². The monoisotopic (exact) mass is 298 g/mol. The zero-order chi connectivity index (χ0) is 14.5. The molecule has 1 heterocycles.